The fourth-order valence-electron chi connectivity index (χ4n) is 4.64. The molecule has 4 rings (SSSR count). The van der Waals surface area contributed by atoms with Crippen molar-refractivity contribution in [3.8, 4) is 0 Å². The summed E-state index contributed by atoms with van der Waals surface area (Å²) in [6.45, 7) is 3.22. The zero-order chi connectivity index (χ0) is 25.3. The quantitative estimate of drug-likeness (QED) is 0.496. The molecule has 1 aliphatic heterocycles. The van der Waals surface area contributed by atoms with E-state index >= 15 is 0 Å². The normalized spacial score (nSPS) is 16.1. The average molecular weight is 494 g/mol. The zero-order valence-electron chi connectivity index (χ0n) is 20.8. The largest absolute Gasteiger partial charge is 0.378 e. The number of hydrogen-bond acceptors (Lipinski definition) is 6. The van der Waals surface area contributed by atoms with Crippen LogP contribution < -0.4 is 20.9 Å². The van der Waals surface area contributed by atoms with Crippen LogP contribution >= 0.6 is 0 Å². The number of nitrogens with one attached hydrogen (secondary N) is 3. The Morgan fingerprint density at radius 2 is 1.56 bits per heavy atom. The fourth-order valence-corrected chi connectivity index (χ4v) is 4.64. The molecule has 0 spiro atoms. The van der Waals surface area contributed by atoms with Gasteiger partial charge in [0.1, 0.15) is 0 Å². The maximum Gasteiger partial charge on any atom is 0.253 e. The molecule has 1 saturated carbocycles. The van der Waals surface area contributed by atoms with E-state index in [1.54, 1.807) is 36.2 Å². The Bertz CT molecular complexity index is 1050. The van der Waals surface area contributed by atoms with Crippen LogP contribution in [0.2, 0.25) is 0 Å². The molecule has 2 aromatic carbocycles. The summed E-state index contributed by atoms with van der Waals surface area (Å²) in [7, 11) is 1.71. The molecule has 2 fully saturated rings. The Morgan fingerprint density at radius 3 is 2.25 bits per heavy atom. The predicted molar refractivity (Wildman–Crippen MR) is 140 cm³/mol. The fraction of sp³-hybridized carbons (Fsp3) is 0.444. The topological polar surface area (TPSA) is 103 Å². The van der Waals surface area contributed by atoms with Gasteiger partial charge in [-0.1, -0.05) is 25.0 Å². The second-order valence-electron chi connectivity index (χ2n) is 9.42. The lowest BCUT2D eigenvalue weighted by atomic mass is 10.1. The Labute approximate surface area is 212 Å². The molecule has 36 heavy (non-hydrogen) atoms. The third-order valence-corrected chi connectivity index (χ3v) is 6.49. The minimum absolute atomic E-state index is 0.0158. The Balaban J connectivity index is 1.24. The van der Waals surface area contributed by atoms with Gasteiger partial charge in [-0.15, -0.1) is 0 Å². The van der Waals surface area contributed by atoms with Crippen molar-refractivity contribution < 1.29 is 19.1 Å². The number of likely N-dealkylation sites (N-methyl/N-ethyl adjacent to an activating group) is 1. The van der Waals surface area contributed by atoms with E-state index in [2.05, 4.69) is 20.9 Å². The van der Waals surface area contributed by atoms with E-state index in [9.17, 15) is 14.4 Å². The maximum absolute atomic E-state index is 12.7. The second-order valence-corrected chi connectivity index (χ2v) is 9.42. The lowest BCUT2D eigenvalue weighted by molar-refractivity contribution is -0.119. The number of benzene rings is 2. The van der Waals surface area contributed by atoms with Crippen molar-refractivity contribution in [2.45, 2.75) is 31.7 Å². The number of carbonyl (C=O) groups excluding carboxylic acids is 3. The van der Waals surface area contributed by atoms with Crippen molar-refractivity contribution in [1.82, 2.24) is 10.2 Å². The molecule has 2 aromatic rings. The van der Waals surface area contributed by atoms with Crippen LogP contribution in [-0.2, 0) is 14.3 Å². The first-order chi connectivity index (χ1) is 17.5. The van der Waals surface area contributed by atoms with Gasteiger partial charge in [-0.25, -0.2) is 0 Å². The van der Waals surface area contributed by atoms with Gasteiger partial charge < -0.3 is 25.6 Å². The minimum Gasteiger partial charge on any atom is -0.378 e. The number of amides is 3. The summed E-state index contributed by atoms with van der Waals surface area (Å²) >= 11 is 0. The molecule has 0 aromatic heterocycles. The number of para-hydroxylation sites is 1. The monoisotopic (exact) mass is 493 g/mol. The number of morpholine rings is 1. The van der Waals surface area contributed by atoms with E-state index < -0.39 is 0 Å². The van der Waals surface area contributed by atoms with Crippen LogP contribution in [0.3, 0.4) is 0 Å². The second kappa shape index (κ2) is 12.5. The van der Waals surface area contributed by atoms with Crippen LogP contribution in [-0.4, -0.2) is 75.1 Å². The average Bonchev–Trinajstić information content (AvgIpc) is 3.38. The molecule has 0 atom stereocenters. The molecule has 0 unspecified atom stereocenters. The molecule has 192 valence electrons. The highest BCUT2D eigenvalue weighted by Gasteiger charge is 2.20. The summed E-state index contributed by atoms with van der Waals surface area (Å²) in [5.74, 6) is -0.674. The summed E-state index contributed by atoms with van der Waals surface area (Å²) in [6, 6.07) is 14.9. The standard InChI is InChI=1S/C27H35N5O4/c1-31(18-25(33)28-21-10-12-22(13-11-21)32-14-16-36-17-15-32)19-26(34)30-24-9-5-4-8-23(24)27(35)29-20-6-2-3-7-20/h4-5,8-13,20H,2-3,6-7,14-19H2,1H3,(H,28,33)(H,29,35)(H,30,34). The Hall–Kier alpha value is -3.43. The van der Waals surface area contributed by atoms with E-state index in [0.29, 0.717) is 16.9 Å². The van der Waals surface area contributed by atoms with Crippen LogP contribution in [0.25, 0.3) is 0 Å². The summed E-state index contributed by atoms with van der Waals surface area (Å²) in [4.78, 5) is 41.7. The SMILES string of the molecule is CN(CC(=O)Nc1ccc(N2CCOCC2)cc1)CC(=O)Nc1ccccc1C(=O)NC1CCCC1. The molecule has 1 heterocycles. The van der Waals surface area contributed by atoms with E-state index in [-0.39, 0.29) is 36.9 Å². The molecule has 1 aliphatic carbocycles. The van der Waals surface area contributed by atoms with Gasteiger partial charge in [0.15, 0.2) is 0 Å². The third kappa shape index (κ3) is 7.29. The summed E-state index contributed by atoms with van der Waals surface area (Å²) < 4.78 is 5.39. The van der Waals surface area contributed by atoms with Crippen LogP contribution in [0.1, 0.15) is 36.0 Å². The van der Waals surface area contributed by atoms with Gasteiger partial charge >= 0.3 is 0 Å². The van der Waals surface area contributed by atoms with Gasteiger partial charge in [-0.05, 0) is 56.3 Å². The number of carbonyl (C=O) groups is 3. The van der Waals surface area contributed by atoms with Gasteiger partial charge in [-0.2, -0.15) is 0 Å². The number of anilines is 3. The molecular formula is C27H35N5O4. The molecule has 9 nitrogen and oxygen atoms in total. The summed E-state index contributed by atoms with van der Waals surface area (Å²) in [5.41, 5.74) is 2.72. The smallest absolute Gasteiger partial charge is 0.253 e. The van der Waals surface area contributed by atoms with Crippen molar-refractivity contribution in [3.63, 3.8) is 0 Å². The highest BCUT2D eigenvalue weighted by atomic mass is 16.5. The lowest BCUT2D eigenvalue weighted by Crippen LogP contribution is -2.37. The highest BCUT2D eigenvalue weighted by molar-refractivity contribution is 6.04. The Morgan fingerprint density at radius 1 is 0.917 bits per heavy atom. The van der Waals surface area contributed by atoms with Gasteiger partial charge in [0.05, 0.1) is 37.6 Å². The molecule has 3 N–H and O–H groups in total. The summed E-state index contributed by atoms with van der Waals surface area (Å²) in [5, 5.41) is 8.76. The van der Waals surface area contributed by atoms with Gasteiger partial charge in [0.25, 0.3) is 5.91 Å². The van der Waals surface area contributed by atoms with Gasteiger partial charge in [-0.3, -0.25) is 19.3 Å². The molecule has 3 amide bonds. The van der Waals surface area contributed by atoms with E-state index in [0.717, 1.165) is 57.7 Å². The molecule has 2 aliphatic rings. The van der Waals surface area contributed by atoms with Crippen molar-refractivity contribution in [1.29, 1.82) is 0 Å². The number of rotatable bonds is 9. The third-order valence-electron chi connectivity index (χ3n) is 6.49. The maximum atomic E-state index is 12.7. The zero-order valence-corrected chi connectivity index (χ0v) is 20.8. The molecule has 1 saturated heterocycles. The highest BCUT2D eigenvalue weighted by Crippen LogP contribution is 2.21. The first-order valence-electron chi connectivity index (χ1n) is 12.6. The van der Waals surface area contributed by atoms with Crippen molar-refractivity contribution in [3.05, 3.63) is 54.1 Å². The van der Waals surface area contributed by atoms with Crippen molar-refractivity contribution in [2.24, 2.45) is 0 Å². The van der Waals surface area contributed by atoms with E-state index in [1.807, 2.05) is 24.3 Å². The predicted octanol–water partition coefficient (Wildman–Crippen LogP) is 2.70. The number of hydrogen-bond donors (Lipinski definition) is 3. The minimum atomic E-state index is -0.290. The van der Waals surface area contributed by atoms with Crippen LogP contribution in [0, 0.1) is 0 Å². The number of ether oxygens (including phenoxy) is 1. The lowest BCUT2D eigenvalue weighted by Gasteiger charge is -2.28. The summed E-state index contributed by atoms with van der Waals surface area (Å²) in [6.07, 6.45) is 4.24. The van der Waals surface area contributed by atoms with E-state index in [1.165, 1.54) is 0 Å². The Kier molecular flexibility index (Phi) is 8.91. The van der Waals surface area contributed by atoms with Crippen LogP contribution in [0.5, 0.6) is 0 Å². The number of nitrogens with zero attached hydrogens (tertiary/aromatic N) is 2. The van der Waals surface area contributed by atoms with Crippen LogP contribution in [0.4, 0.5) is 17.1 Å². The van der Waals surface area contributed by atoms with Gasteiger partial charge in [0.2, 0.25) is 11.8 Å². The van der Waals surface area contributed by atoms with E-state index in [4.69, 9.17) is 4.74 Å². The molecule has 0 bridgehead atoms. The molecular weight excluding hydrogens is 458 g/mol. The van der Waals surface area contributed by atoms with Crippen molar-refractivity contribution >= 4 is 34.8 Å². The molecule has 0 radical (unpaired) electrons. The van der Waals surface area contributed by atoms with Crippen molar-refractivity contribution in [2.75, 3.05) is 62.0 Å². The van der Waals surface area contributed by atoms with Crippen LogP contribution in [0.15, 0.2) is 48.5 Å². The molecule has 9 heteroatoms. The van der Waals surface area contributed by atoms with Gasteiger partial charge in [0, 0.05) is 30.5 Å². The first-order valence-corrected chi connectivity index (χ1v) is 12.6. The first kappa shape index (κ1) is 25.7.